The van der Waals surface area contributed by atoms with Crippen LogP contribution in [0.5, 0.6) is 11.6 Å². The van der Waals surface area contributed by atoms with Crippen LogP contribution in [0.1, 0.15) is 24.2 Å². The normalized spacial score (nSPS) is 20.2. The Balaban J connectivity index is 2.10. The van der Waals surface area contributed by atoms with Crippen molar-refractivity contribution in [3.05, 3.63) is 42.1 Å². The molecule has 0 fully saturated rings. The standard InChI is InChI=1S/C23H31N3O4/c1-15-12-26(16(2)14-27)23(28)19-10-17(18-8-6-7-9-20(18)29-5)11-24-22(19)30-21(15)13-25(3)4/h6-11,15-16,21,27H,12-14H2,1-5H3/t15-,16-,21-/m1/s1. The van der Waals surface area contributed by atoms with Crippen LogP contribution in [0.25, 0.3) is 11.1 Å². The van der Waals surface area contributed by atoms with Gasteiger partial charge in [-0.25, -0.2) is 4.98 Å². The van der Waals surface area contributed by atoms with E-state index in [2.05, 4.69) is 16.8 Å². The van der Waals surface area contributed by atoms with Crippen molar-refractivity contribution in [3.8, 4) is 22.8 Å². The Morgan fingerprint density at radius 2 is 2.07 bits per heavy atom. The van der Waals surface area contributed by atoms with Crippen LogP contribution in [0.3, 0.4) is 0 Å². The van der Waals surface area contributed by atoms with Crippen molar-refractivity contribution in [1.29, 1.82) is 0 Å². The molecule has 2 heterocycles. The Hall–Kier alpha value is -2.64. The summed E-state index contributed by atoms with van der Waals surface area (Å²) in [6, 6.07) is 9.13. The van der Waals surface area contributed by atoms with Crippen LogP contribution in [-0.2, 0) is 0 Å². The number of methoxy groups -OCH3 is 1. The molecular weight excluding hydrogens is 382 g/mol. The first-order chi connectivity index (χ1) is 14.3. The minimum Gasteiger partial charge on any atom is -0.496 e. The number of fused-ring (bicyclic) bond motifs is 1. The van der Waals surface area contributed by atoms with Gasteiger partial charge in [-0.15, -0.1) is 0 Å². The Labute approximate surface area is 178 Å². The number of hydrogen-bond acceptors (Lipinski definition) is 6. The summed E-state index contributed by atoms with van der Waals surface area (Å²) in [6.45, 7) is 5.01. The molecule has 7 heteroatoms. The molecule has 1 aliphatic rings. The third-order valence-corrected chi connectivity index (χ3v) is 5.48. The van der Waals surface area contributed by atoms with Crippen molar-refractivity contribution in [2.75, 3.05) is 40.9 Å². The maximum Gasteiger partial charge on any atom is 0.259 e. The van der Waals surface area contributed by atoms with Gasteiger partial charge in [-0.2, -0.15) is 0 Å². The van der Waals surface area contributed by atoms with E-state index < -0.39 is 0 Å². The first-order valence-electron chi connectivity index (χ1n) is 10.2. The van der Waals surface area contributed by atoms with Crippen molar-refractivity contribution in [3.63, 3.8) is 0 Å². The van der Waals surface area contributed by atoms with Crippen molar-refractivity contribution < 1.29 is 19.4 Å². The molecule has 1 N–H and O–H groups in total. The third kappa shape index (κ3) is 4.57. The smallest absolute Gasteiger partial charge is 0.259 e. The van der Waals surface area contributed by atoms with E-state index in [0.717, 1.165) is 11.1 Å². The fourth-order valence-corrected chi connectivity index (χ4v) is 3.71. The van der Waals surface area contributed by atoms with Gasteiger partial charge in [0.05, 0.1) is 19.8 Å². The van der Waals surface area contributed by atoms with E-state index in [1.54, 1.807) is 18.2 Å². The molecule has 3 rings (SSSR count). The topological polar surface area (TPSA) is 75.1 Å². The number of nitrogens with zero attached hydrogens (tertiary/aromatic N) is 3. The minimum atomic E-state index is -0.305. The van der Waals surface area contributed by atoms with E-state index >= 15 is 0 Å². The molecule has 7 nitrogen and oxygen atoms in total. The lowest BCUT2D eigenvalue weighted by atomic mass is 9.99. The number of aliphatic hydroxyl groups excluding tert-OH is 1. The average Bonchev–Trinajstić information content (AvgIpc) is 2.75. The predicted octanol–water partition coefficient (Wildman–Crippen LogP) is 2.54. The van der Waals surface area contributed by atoms with Crippen molar-refractivity contribution in [2.24, 2.45) is 5.92 Å². The number of likely N-dealkylation sites (N-methyl/N-ethyl adjacent to an activating group) is 1. The second-order valence-corrected chi connectivity index (χ2v) is 8.16. The van der Waals surface area contributed by atoms with Crippen LogP contribution in [0.15, 0.2) is 36.5 Å². The highest BCUT2D eigenvalue weighted by molar-refractivity contribution is 5.98. The van der Waals surface area contributed by atoms with Gasteiger partial charge in [-0.1, -0.05) is 25.1 Å². The minimum absolute atomic E-state index is 0.0780. The first kappa shape index (κ1) is 22.1. The Morgan fingerprint density at radius 1 is 1.33 bits per heavy atom. The van der Waals surface area contributed by atoms with Gasteiger partial charge in [0.15, 0.2) is 0 Å². The second kappa shape index (κ2) is 9.45. The molecular formula is C23H31N3O4. The second-order valence-electron chi connectivity index (χ2n) is 8.16. The zero-order valence-electron chi connectivity index (χ0n) is 18.3. The monoisotopic (exact) mass is 413 g/mol. The van der Waals surface area contributed by atoms with Gasteiger partial charge >= 0.3 is 0 Å². The highest BCUT2D eigenvalue weighted by Crippen LogP contribution is 2.34. The zero-order valence-corrected chi connectivity index (χ0v) is 18.3. The molecule has 2 aromatic rings. The molecule has 1 aromatic heterocycles. The lowest BCUT2D eigenvalue weighted by Crippen LogP contribution is -2.49. The summed E-state index contributed by atoms with van der Waals surface area (Å²) in [5.74, 6) is 0.922. The Morgan fingerprint density at radius 3 is 2.73 bits per heavy atom. The fraction of sp³-hybridized carbons (Fsp3) is 0.478. The van der Waals surface area contributed by atoms with E-state index in [1.165, 1.54) is 0 Å². The number of hydrogen-bond donors (Lipinski definition) is 1. The van der Waals surface area contributed by atoms with E-state index in [-0.39, 0.29) is 30.6 Å². The number of benzene rings is 1. The molecule has 30 heavy (non-hydrogen) atoms. The van der Waals surface area contributed by atoms with Gasteiger partial charge in [0.1, 0.15) is 17.4 Å². The summed E-state index contributed by atoms with van der Waals surface area (Å²) in [5.41, 5.74) is 2.03. The van der Waals surface area contributed by atoms with Crippen LogP contribution < -0.4 is 9.47 Å². The van der Waals surface area contributed by atoms with Crippen LogP contribution in [0.4, 0.5) is 0 Å². The molecule has 3 atom stereocenters. The van der Waals surface area contributed by atoms with Gasteiger partial charge in [0.25, 0.3) is 5.91 Å². The summed E-state index contributed by atoms with van der Waals surface area (Å²) >= 11 is 0. The van der Waals surface area contributed by atoms with Crippen LogP contribution in [0, 0.1) is 5.92 Å². The van der Waals surface area contributed by atoms with Crippen LogP contribution in [0.2, 0.25) is 0 Å². The lowest BCUT2D eigenvalue weighted by Gasteiger charge is -2.37. The van der Waals surface area contributed by atoms with Gasteiger partial charge in [-0.05, 0) is 33.2 Å². The third-order valence-electron chi connectivity index (χ3n) is 5.48. The summed E-state index contributed by atoms with van der Waals surface area (Å²) in [7, 11) is 5.60. The number of aliphatic hydroxyl groups is 1. The van der Waals surface area contributed by atoms with Gasteiger partial charge in [-0.3, -0.25) is 4.79 Å². The Bertz CT molecular complexity index is 887. The van der Waals surface area contributed by atoms with E-state index in [0.29, 0.717) is 30.3 Å². The zero-order chi connectivity index (χ0) is 21.8. The molecule has 0 unspecified atom stereocenters. The molecule has 1 amide bonds. The van der Waals surface area contributed by atoms with Gasteiger partial charge in [0, 0.05) is 36.3 Å². The molecule has 1 aromatic carbocycles. The van der Waals surface area contributed by atoms with E-state index in [4.69, 9.17) is 9.47 Å². The summed E-state index contributed by atoms with van der Waals surface area (Å²) < 4.78 is 11.7. The number of rotatable bonds is 6. The number of para-hydroxylation sites is 1. The SMILES string of the molecule is COc1ccccc1-c1cnc2c(c1)C(=O)N([C@H](C)CO)C[C@@H](C)[C@@H](CN(C)C)O2. The van der Waals surface area contributed by atoms with Crippen molar-refractivity contribution in [2.45, 2.75) is 26.0 Å². The van der Waals surface area contributed by atoms with Gasteiger partial charge < -0.3 is 24.4 Å². The molecule has 0 saturated carbocycles. The summed E-state index contributed by atoms with van der Waals surface area (Å²) in [4.78, 5) is 21.8. The number of ether oxygens (including phenoxy) is 2. The molecule has 0 radical (unpaired) electrons. The fourth-order valence-electron chi connectivity index (χ4n) is 3.71. The maximum absolute atomic E-state index is 13.5. The highest BCUT2D eigenvalue weighted by Gasteiger charge is 2.34. The number of pyridine rings is 1. The molecule has 0 aliphatic carbocycles. The van der Waals surface area contributed by atoms with Crippen LogP contribution in [-0.4, -0.2) is 78.8 Å². The summed E-state index contributed by atoms with van der Waals surface area (Å²) in [5, 5.41) is 9.75. The number of amides is 1. The number of aromatic nitrogens is 1. The quantitative estimate of drug-likeness (QED) is 0.785. The van der Waals surface area contributed by atoms with Crippen LogP contribution >= 0.6 is 0 Å². The van der Waals surface area contributed by atoms with E-state index in [1.807, 2.05) is 51.4 Å². The molecule has 0 bridgehead atoms. The number of carbonyl (C=O) groups excluding carboxylic acids is 1. The lowest BCUT2D eigenvalue weighted by molar-refractivity contribution is 0.0348. The first-order valence-corrected chi connectivity index (χ1v) is 10.2. The van der Waals surface area contributed by atoms with E-state index in [9.17, 15) is 9.90 Å². The number of carbonyl (C=O) groups is 1. The Kier molecular flexibility index (Phi) is 6.95. The van der Waals surface area contributed by atoms with Crippen molar-refractivity contribution >= 4 is 5.91 Å². The summed E-state index contributed by atoms with van der Waals surface area (Å²) in [6.07, 6.45) is 1.58. The maximum atomic E-state index is 13.5. The van der Waals surface area contributed by atoms with Crippen molar-refractivity contribution in [1.82, 2.24) is 14.8 Å². The molecule has 0 spiro atoms. The average molecular weight is 414 g/mol. The largest absolute Gasteiger partial charge is 0.496 e. The molecule has 162 valence electrons. The highest BCUT2D eigenvalue weighted by atomic mass is 16.5. The molecule has 1 aliphatic heterocycles. The molecule has 0 saturated heterocycles. The predicted molar refractivity (Wildman–Crippen MR) is 116 cm³/mol. The van der Waals surface area contributed by atoms with Gasteiger partial charge in [0.2, 0.25) is 5.88 Å².